The fraction of sp³-hybridized carbons (Fsp3) is 0.211. The molecule has 2 heterocycles. The molecule has 0 aliphatic rings. The van der Waals surface area contributed by atoms with Crippen LogP contribution in [-0.2, 0) is 13.1 Å². The van der Waals surface area contributed by atoms with Crippen LogP contribution in [0.2, 0.25) is 10.0 Å². The largest absolute Gasteiger partial charge is 0.296 e. The number of nitrogens with zero attached hydrogens (tertiary/aromatic N) is 4. The van der Waals surface area contributed by atoms with E-state index in [-0.39, 0.29) is 0 Å². The summed E-state index contributed by atoms with van der Waals surface area (Å²) in [6, 6.07) is 7.53. The smallest absolute Gasteiger partial charge is 0.168 e. The Balaban J connectivity index is 0.000000162. The Morgan fingerprint density at radius 1 is 0.964 bits per heavy atom. The van der Waals surface area contributed by atoms with Crippen molar-refractivity contribution in [2.24, 2.45) is 0 Å². The maximum absolute atomic E-state index is 11.0. The van der Waals surface area contributed by atoms with Crippen LogP contribution in [-0.4, -0.2) is 25.8 Å². The Morgan fingerprint density at radius 2 is 1.61 bits per heavy atom. The maximum Gasteiger partial charge on any atom is 0.168 e. The summed E-state index contributed by atoms with van der Waals surface area (Å²) in [4.78, 5) is 11.0. The minimum absolute atomic E-state index is 0.527. The van der Waals surface area contributed by atoms with Crippen molar-refractivity contribution in [2.75, 3.05) is 0 Å². The zero-order valence-corrected chi connectivity index (χ0v) is 19.8. The Labute approximate surface area is 188 Å². The van der Waals surface area contributed by atoms with Crippen molar-refractivity contribution in [3.05, 3.63) is 55.1 Å². The van der Waals surface area contributed by atoms with E-state index in [9.17, 15) is 4.79 Å². The molecule has 0 fully saturated rings. The van der Waals surface area contributed by atoms with Crippen molar-refractivity contribution in [2.45, 2.75) is 26.9 Å². The number of rotatable bonds is 3. The van der Waals surface area contributed by atoms with Crippen molar-refractivity contribution in [3.63, 3.8) is 0 Å². The molecule has 2 aromatic heterocycles. The number of carbonyl (C=O) groups excluding carboxylic acids is 1. The summed E-state index contributed by atoms with van der Waals surface area (Å²) in [6.45, 7) is 5.50. The molecule has 4 rings (SSSR count). The van der Waals surface area contributed by atoms with Gasteiger partial charge in [0.1, 0.15) is 5.69 Å². The molecule has 0 aliphatic carbocycles. The van der Waals surface area contributed by atoms with Crippen molar-refractivity contribution in [1.82, 2.24) is 19.6 Å². The minimum Gasteiger partial charge on any atom is -0.296 e. The second-order valence-electron chi connectivity index (χ2n) is 5.85. The molecule has 0 N–H and O–H groups in total. The molecule has 0 aliphatic heterocycles. The summed E-state index contributed by atoms with van der Waals surface area (Å²) < 4.78 is 5.21. The second-order valence-corrected chi connectivity index (χ2v) is 8.32. The molecule has 28 heavy (non-hydrogen) atoms. The molecule has 5 nitrogen and oxygen atoms in total. The molecule has 0 saturated heterocycles. The first kappa shape index (κ1) is 21.3. The molecular formula is C19H16Br2Cl2N4O. The monoisotopic (exact) mass is 544 g/mol. The topological polar surface area (TPSA) is 52.7 Å². The molecule has 0 unspecified atom stereocenters. The van der Waals surface area contributed by atoms with E-state index >= 15 is 0 Å². The molecule has 0 bridgehead atoms. The molecule has 9 heteroatoms. The quantitative estimate of drug-likeness (QED) is 0.267. The molecule has 0 radical (unpaired) electrons. The van der Waals surface area contributed by atoms with Gasteiger partial charge in [0.2, 0.25) is 0 Å². The van der Waals surface area contributed by atoms with E-state index < -0.39 is 0 Å². The average molecular weight is 547 g/mol. The highest BCUT2D eigenvalue weighted by atomic mass is 79.9. The molecule has 4 aromatic rings. The van der Waals surface area contributed by atoms with Crippen LogP contribution in [0.3, 0.4) is 0 Å². The summed E-state index contributed by atoms with van der Waals surface area (Å²) in [6.07, 6.45) is 2.75. The number of hydrogen-bond donors (Lipinski definition) is 0. The lowest BCUT2D eigenvalue weighted by atomic mass is 10.2. The van der Waals surface area contributed by atoms with Gasteiger partial charge >= 0.3 is 0 Å². The van der Waals surface area contributed by atoms with E-state index in [1.807, 2.05) is 42.1 Å². The van der Waals surface area contributed by atoms with Gasteiger partial charge in [-0.15, -0.1) is 0 Å². The summed E-state index contributed by atoms with van der Waals surface area (Å²) in [5.74, 6) is 0. The number of fused-ring (bicyclic) bond motifs is 2. The number of aldehydes is 1. The summed E-state index contributed by atoms with van der Waals surface area (Å²) in [5, 5.41) is 11.6. The van der Waals surface area contributed by atoms with Crippen LogP contribution >= 0.6 is 55.1 Å². The lowest BCUT2D eigenvalue weighted by molar-refractivity contribution is 0.111. The third-order valence-corrected chi connectivity index (χ3v) is 6.77. The molecule has 0 amide bonds. The predicted octanol–water partition coefficient (Wildman–Crippen LogP) is 6.76. The number of aromatic nitrogens is 4. The Bertz CT molecular complexity index is 1170. The number of aryl methyl sites for hydroxylation is 2. The van der Waals surface area contributed by atoms with Gasteiger partial charge in [-0.25, -0.2) is 0 Å². The fourth-order valence-corrected chi connectivity index (χ4v) is 3.93. The minimum atomic E-state index is 0.527. The fourth-order valence-electron chi connectivity index (χ4n) is 2.79. The van der Waals surface area contributed by atoms with E-state index in [2.05, 4.69) is 49.0 Å². The number of benzene rings is 2. The molecular weight excluding hydrogens is 531 g/mol. The molecule has 146 valence electrons. The SMILES string of the molecule is CCn1cc2c(Cl)c(Br)ccc2n1.CCn1nc2ccc(Br)c(Cl)c2c1C=O. The highest BCUT2D eigenvalue weighted by Crippen LogP contribution is 2.32. The average Bonchev–Trinajstić information content (AvgIpc) is 3.29. The zero-order valence-electron chi connectivity index (χ0n) is 15.1. The first-order valence-corrected chi connectivity index (χ1v) is 10.9. The van der Waals surface area contributed by atoms with Gasteiger partial charge in [0.05, 0.1) is 26.5 Å². The van der Waals surface area contributed by atoms with Crippen molar-refractivity contribution >= 4 is 83.2 Å². The van der Waals surface area contributed by atoms with Crippen LogP contribution in [0.25, 0.3) is 21.8 Å². The number of halogens is 4. The van der Waals surface area contributed by atoms with Gasteiger partial charge < -0.3 is 0 Å². The summed E-state index contributed by atoms with van der Waals surface area (Å²) >= 11 is 18.9. The third kappa shape index (κ3) is 3.99. The van der Waals surface area contributed by atoms with E-state index in [1.165, 1.54) is 0 Å². The van der Waals surface area contributed by atoms with Crippen LogP contribution in [0.4, 0.5) is 0 Å². The van der Waals surface area contributed by atoms with Gasteiger partial charge in [-0.3, -0.25) is 14.2 Å². The van der Waals surface area contributed by atoms with E-state index in [1.54, 1.807) is 4.68 Å². The van der Waals surface area contributed by atoms with E-state index in [0.717, 1.165) is 43.2 Å². The Kier molecular flexibility index (Phi) is 6.81. The van der Waals surface area contributed by atoms with Gasteiger partial charge in [-0.05, 0) is 70.0 Å². The first-order chi connectivity index (χ1) is 13.4. The van der Waals surface area contributed by atoms with Gasteiger partial charge in [-0.1, -0.05) is 23.2 Å². The standard InChI is InChI=1S/C10H8BrClN2O.C9H8BrClN2/c1-2-14-8(5-15)9-7(13-14)4-3-6(11)10(9)12;1-2-13-5-6-8(12-13)4-3-7(10)9(6)11/h3-5H,2H2,1H3;3-5H,2H2,1H3. The third-order valence-electron chi connectivity index (χ3n) is 4.19. The van der Waals surface area contributed by atoms with Crippen molar-refractivity contribution in [3.8, 4) is 0 Å². The Morgan fingerprint density at radius 3 is 2.21 bits per heavy atom. The molecule has 0 spiro atoms. The molecule has 0 saturated carbocycles. The van der Waals surface area contributed by atoms with Crippen LogP contribution in [0.5, 0.6) is 0 Å². The van der Waals surface area contributed by atoms with E-state index in [0.29, 0.717) is 22.6 Å². The Hall–Kier alpha value is -1.41. The summed E-state index contributed by atoms with van der Waals surface area (Å²) in [5.41, 5.74) is 2.21. The van der Waals surface area contributed by atoms with Gasteiger partial charge in [-0.2, -0.15) is 10.2 Å². The summed E-state index contributed by atoms with van der Waals surface area (Å²) in [7, 11) is 0. The van der Waals surface area contributed by atoms with Crippen molar-refractivity contribution < 1.29 is 4.79 Å². The maximum atomic E-state index is 11.0. The molecule has 2 aromatic carbocycles. The van der Waals surface area contributed by atoms with Gasteiger partial charge in [0.25, 0.3) is 0 Å². The predicted molar refractivity (Wildman–Crippen MR) is 122 cm³/mol. The zero-order chi connectivity index (χ0) is 20.4. The lowest BCUT2D eigenvalue weighted by Gasteiger charge is -1.98. The van der Waals surface area contributed by atoms with Crippen LogP contribution in [0.15, 0.2) is 39.4 Å². The normalized spacial score (nSPS) is 10.9. The first-order valence-electron chi connectivity index (χ1n) is 8.52. The lowest BCUT2D eigenvalue weighted by Crippen LogP contribution is -2.01. The number of hydrogen-bond acceptors (Lipinski definition) is 3. The van der Waals surface area contributed by atoms with Crippen molar-refractivity contribution in [1.29, 1.82) is 0 Å². The number of carbonyl (C=O) groups is 1. The molecule has 0 atom stereocenters. The highest BCUT2D eigenvalue weighted by Gasteiger charge is 2.14. The van der Waals surface area contributed by atoms with Crippen LogP contribution in [0.1, 0.15) is 24.3 Å². The second kappa shape index (κ2) is 8.95. The van der Waals surface area contributed by atoms with Crippen LogP contribution in [0, 0.1) is 0 Å². The highest BCUT2D eigenvalue weighted by molar-refractivity contribution is 9.10. The van der Waals surface area contributed by atoms with Gasteiger partial charge in [0, 0.05) is 33.6 Å². The van der Waals surface area contributed by atoms with E-state index in [4.69, 9.17) is 23.2 Å². The van der Waals surface area contributed by atoms with Gasteiger partial charge in [0.15, 0.2) is 6.29 Å². The van der Waals surface area contributed by atoms with Crippen LogP contribution < -0.4 is 0 Å².